The van der Waals surface area contributed by atoms with Crippen molar-refractivity contribution in [2.75, 3.05) is 5.73 Å². The quantitative estimate of drug-likeness (QED) is 0.725. The number of aromatic carboxylic acids is 1. The lowest BCUT2D eigenvalue weighted by Gasteiger charge is -2.10. The average molecular weight is 206 g/mol. The van der Waals surface area contributed by atoms with Crippen molar-refractivity contribution in [1.29, 1.82) is 5.26 Å². The van der Waals surface area contributed by atoms with Crippen molar-refractivity contribution >= 4 is 11.7 Å². The third-order valence-electron chi connectivity index (χ3n) is 1.72. The number of rotatable bonds is 3. The number of nitrogens with two attached hydrogens (primary N) is 1. The molecule has 0 spiro atoms. The number of anilines is 1. The second-order valence-electron chi connectivity index (χ2n) is 2.95. The van der Waals surface area contributed by atoms with Gasteiger partial charge in [0.1, 0.15) is 17.4 Å². The van der Waals surface area contributed by atoms with Crippen molar-refractivity contribution in [3.63, 3.8) is 0 Å². The number of nitrogens with zero attached hydrogens (tertiary/aromatic N) is 1. The highest BCUT2D eigenvalue weighted by Gasteiger charge is 2.13. The van der Waals surface area contributed by atoms with Gasteiger partial charge in [0.05, 0.1) is 0 Å². The number of carboxylic acid groups (broad SMARTS) is 1. The second kappa shape index (κ2) is 4.33. The highest BCUT2D eigenvalue weighted by molar-refractivity contribution is 5.91. The summed E-state index contributed by atoms with van der Waals surface area (Å²) in [5.74, 6) is -1.01. The lowest BCUT2D eigenvalue weighted by Crippen LogP contribution is -2.11. The molecular formula is C10H10N2O3. The van der Waals surface area contributed by atoms with E-state index in [0.717, 1.165) is 0 Å². The Balaban J connectivity index is 3.08. The van der Waals surface area contributed by atoms with Crippen LogP contribution in [0.2, 0.25) is 0 Å². The first-order valence-electron chi connectivity index (χ1n) is 4.23. The molecule has 1 unspecified atom stereocenters. The summed E-state index contributed by atoms with van der Waals surface area (Å²) in [6, 6.07) is 6.04. The summed E-state index contributed by atoms with van der Waals surface area (Å²) in [4.78, 5) is 10.8. The molecule has 0 amide bonds. The topological polar surface area (TPSA) is 96.3 Å². The maximum Gasteiger partial charge on any atom is 0.339 e. The van der Waals surface area contributed by atoms with Crippen molar-refractivity contribution in [1.82, 2.24) is 0 Å². The van der Waals surface area contributed by atoms with Crippen LogP contribution in [0.3, 0.4) is 0 Å². The van der Waals surface area contributed by atoms with Crippen LogP contribution in [-0.2, 0) is 0 Å². The van der Waals surface area contributed by atoms with E-state index in [-0.39, 0.29) is 11.3 Å². The molecule has 78 valence electrons. The van der Waals surface area contributed by atoms with E-state index in [1.54, 1.807) is 0 Å². The predicted octanol–water partition coefficient (Wildman–Crippen LogP) is 1.26. The second-order valence-corrected chi connectivity index (χ2v) is 2.95. The number of carbonyl (C=O) groups is 1. The molecule has 0 saturated carbocycles. The molecule has 0 bridgehead atoms. The third-order valence-corrected chi connectivity index (χ3v) is 1.72. The Morgan fingerprint density at radius 3 is 2.87 bits per heavy atom. The molecule has 0 fully saturated rings. The van der Waals surface area contributed by atoms with Crippen LogP contribution in [0, 0.1) is 11.3 Å². The molecule has 0 aromatic heterocycles. The average Bonchev–Trinajstić information content (AvgIpc) is 2.17. The minimum atomic E-state index is -1.12. The standard InChI is InChI=1S/C10H10N2O3/c1-6(5-11)15-9-4-7(12)2-3-8(9)10(13)14/h2-4,6H,12H2,1H3,(H,13,14). The van der Waals surface area contributed by atoms with Gasteiger partial charge in [-0.1, -0.05) is 0 Å². The molecule has 0 aliphatic rings. The molecule has 5 nitrogen and oxygen atoms in total. The van der Waals surface area contributed by atoms with Crippen molar-refractivity contribution < 1.29 is 14.6 Å². The molecule has 5 heteroatoms. The first-order valence-corrected chi connectivity index (χ1v) is 4.23. The molecule has 15 heavy (non-hydrogen) atoms. The van der Waals surface area contributed by atoms with E-state index in [1.807, 2.05) is 6.07 Å². The highest BCUT2D eigenvalue weighted by atomic mass is 16.5. The molecule has 1 rings (SSSR count). The summed E-state index contributed by atoms with van der Waals surface area (Å²) >= 11 is 0. The summed E-state index contributed by atoms with van der Waals surface area (Å²) < 4.78 is 5.11. The number of hydrogen-bond acceptors (Lipinski definition) is 4. The van der Waals surface area contributed by atoms with Gasteiger partial charge in [0.15, 0.2) is 6.10 Å². The molecule has 0 aliphatic heterocycles. The van der Waals surface area contributed by atoms with Crippen molar-refractivity contribution in [2.24, 2.45) is 0 Å². The Kier molecular flexibility index (Phi) is 3.13. The molecular weight excluding hydrogens is 196 g/mol. The molecule has 0 heterocycles. The van der Waals surface area contributed by atoms with Gasteiger partial charge in [-0.2, -0.15) is 5.26 Å². The maximum absolute atomic E-state index is 10.8. The SMILES string of the molecule is CC(C#N)Oc1cc(N)ccc1C(=O)O. The van der Waals surface area contributed by atoms with Gasteiger partial charge in [-0.15, -0.1) is 0 Å². The number of carboxylic acids is 1. The molecule has 0 saturated heterocycles. The van der Waals surface area contributed by atoms with E-state index in [0.29, 0.717) is 5.69 Å². The van der Waals surface area contributed by atoms with Crippen LogP contribution in [0.5, 0.6) is 5.75 Å². The van der Waals surface area contributed by atoms with E-state index < -0.39 is 12.1 Å². The lowest BCUT2D eigenvalue weighted by molar-refractivity contribution is 0.0691. The van der Waals surface area contributed by atoms with Crippen molar-refractivity contribution in [3.05, 3.63) is 23.8 Å². The number of hydrogen-bond donors (Lipinski definition) is 2. The molecule has 0 aliphatic carbocycles. The summed E-state index contributed by atoms with van der Waals surface area (Å²) in [5, 5.41) is 17.4. The fourth-order valence-electron chi connectivity index (χ4n) is 1.03. The first kappa shape index (κ1) is 10.9. The molecule has 0 radical (unpaired) electrons. The Hall–Kier alpha value is -2.22. The van der Waals surface area contributed by atoms with Gasteiger partial charge in [0, 0.05) is 11.8 Å². The number of nitrogen functional groups attached to an aromatic ring is 1. The largest absolute Gasteiger partial charge is 0.478 e. The van der Waals surface area contributed by atoms with Crippen molar-refractivity contribution in [2.45, 2.75) is 13.0 Å². The predicted molar refractivity (Wildman–Crippen MR) is 53.5 cm³/mol. The van der Waals surface area contributed by atoms with Gasteiger partial charge < -0.3 is 15.6 Å². The third kappa shape index (κ3) is 2.61. The van der Waals surface area contributed by atoms with E-state index in [1.165, 1.54) is 25.1 Å². The smallest absolute Gasteiger partial charge is 0.339 e. The minimum absolute atomic E-state index is 0.00806. The van der Waals surface area contributed by atoms with Gasteiger partial charge >= 0.3 is 5.97 Å². The number of benzene rings is 1. The fraction of sp³-hybridized carbons (Fsp3) is 0.200. The molecule has 1 atom stereocenters. The zero-order valence-electron chi connectivity index (χ0n) is 8.10. The normalized spacial score (nSPS) is 11.5. The van der Waals surface area contributed by atoms with Gasteiger partial charge in [-0.3, -0.25) is 0 Å². The maximum atomic E-state index is 10.8. The van der Waals surface area contributed by atoms with Crippen LogP contribution in [0.1, 0.15) is 17.3 Å². The summed E-state index contributed by atoms with van der Waals surface area (Å²) in [7, 11) is 0. The van der Waals surface area contributed by atoms with Crippen molar-refractivity contribution in [3.8, 4) is 11.8 Å². The van der Waals surface area contributed by atoms with Gasteiger partial charge in [-0.25, -0.2) is 4.79 Å². The van der Waals surface area contributed by atoms with E-state index >= 15 is 0 Å². The first-order chi connectivity index (χ1) is 7.04. The summed E-state index contributed by atoms with van der Waals surface area (Å²) in [6.45, 7) is 1.52. The Morgan fingerprint density at radius 2 is 2.33 bits per heavy atom. The van der Waals surface area contributed by atoms with E-state index in [9.17, 15) is 4.79 Å². The van der Waals surface area contributed by atoms with E-state index in [2.05, 4.69) is 0 Å². The highest BCUT2D eigenvalue weighted by Crippen LogP contribution is 2.22. The molecule has 3 N–H and O–H groups in total. The van der Waals surface area contributed by atoms with Crippen LogP contribution in [0.15, 0.2) is 18.2 Å². The van der Waals surface area contributed by atoms with Crippen LogP contribution in [0.25, 0.3) is 0 Å². The zero-order valence-corrected chi connectivity index (χ0v) is 8.10. The molecule has 1 aromatic carbocycles. The molecule has 1 aromatic rings. The summed E-state index contributed by atoms with van der Waals surface area (Å²) in [5.41, 5.74) is 5.87. The monoisotopic (exact) mass is 206 g/mol. The Morgan fingerprint density at radius 1 is 1.67 bits per heavy atom. The van der Waals surface area contributed by atoms with Crippen LogP contribution >= 0.6 is 0 Å². The van der Waals surface area contributed by atoms with E-state index in [4.69, 9.17) is 20.8 Å². The minimum Gasteiger partial charge on any atom is -0.478 e. The zero-order chi connectivity index (χ0) is 11.4. The van der Waals surface area contributed by atoms with Gasteiger partial charge in [-0.05, 0) is 19.1 Å². The van der Waals surface area contributed by atoms with Crippen LogP contribution in [-0.4, -0.2) is 17.2 Å². The Labute approximate surface area is 86.7 Å². The number of nitriles is 1. The van der Waals surface area contributed by atoms with Crippen LogP contribution < -0.4 is 10.5 Å². The number of ether oxygens (including phenoxy) is 1. The van der Waals surface area contributed by atoms with Crippen LogP contribution in [0.4, 0.5) is 5.69 Å². The lowest BCUT2D eigenvalue weighted by atomic mass is 10.2. The van der Waals surface area contributed by atoms with Gasteiger partial charge in [0.25, 0.3) is 0 Å². The fourth-order valence-corrected chi connectivity index (χ4v) is 1.03. The Bertz CT molecular complexity index is 423. The summed E-state index contributed by atoms with van der Waals surface area (Å²) in [6.07, 6.45) is -0.718. The van der Waals surface area contributed by atoms with Gasteiger partial charge in [0.2, 0.25) is 0 Å².